The third-order valence-corrected chi connectivity index (χ3v) is 6.58. The van der Waals surface area contributed by atoms with Gasteiger partial charge in [0.2, 0.25) is 0 Å². The first-order valence-corrected chi connectivity index (χ1v) is 12.5. The van der Waals surface area contributed by atoms with Crippen LogP contribution in [0.4, 0.5) is 0 Å². The highest BCUT2D eigenvalue weighted by atomic mass is 16.5. The lowest BCUT2D eigenvalue weighted by Gasteiger charge is -2.10. The van der Waals surface area contributed by atoms with Gasteiger partial charge in [-0.25, -0.2) is 0 Å². The molecule has 5 aromatic rings. The smallest absolute Gasteiger partial charge is 0.119 e. The first-order chi connectivity index (χ1) is 17.2. The molecular weight excluding hydrogens is 432 g/mol. The zero-order valence-electron chi connectivity index (χ0n) is 20.7. The topological polar surface area (TPSA) is 26.1 Å². The summed E-state index contributed by atoms with van der Waals surface area (Å²) in [5, 5.41) is 0. The zero-order valence-corrected chi connectivity index (χ0v) is 20.7. The van der Waals surface area contributed by atoms with Crippen molar-refractivity contribution in [3.8, 4) is 5.75 Å². The third kappa shape index (κ3) is 5.67. The van der Waals surface area contributed by atoms with Crippen LogP contribution < -0.4 is 4.74 Å². The molecular formula is C31H34N2O2. The Labute approximate surface area is 208 Å². The van der Waals surface area contributed by atoms with Gasteiger partial charge in [-0.3, -0.25) is 0 Å². The molecule has 2 aromatic carbocycles. The molecule has 35 heavy (non-hydrogen) atoms. The molecule has 0 saturated heterocycles. The molecule has 0 radical (unpaired) electrons. The third-order valence-electron chi connectivity index (χ3n) is 6.58. The van der Waals surface area contributed by atoms with Crippen LogP contribution in [0, 0.1) is 0 Å². The van der Waals surface area contributed by atoms with E-state index in [4.69, 9.17) is 9.47 Å². The average molecular weight is 467 g/mol. The summed E-state index contributed by atoms with van der Waals surface area (Å²) in [6.45, 7) is 3.09. The standard InChI is InChI=1S/C31H34N2O2/c1-32(2)19-6-20-34-23-27-13-14-28-15-18-30-26(21-31(27)33(28)30)12-9-24-10-16-29(17-11-24)35-22-25-7-4-3-5-8-25/h3-5,7-8,10-11,13-18,21H,6,9,12,19-20,22-23H2,1-2H3. The lowest BCUT2D eigenvalue weighted by molar-refractivity contribution is 0.114. The van der Waals surface area contributed by atoms with Gasteiger partial charge < -0.3 is 18.8 Å². The zero-order chi connectivity index (χ0) is 24.0. The van der Waals surface area contributed by atoms with Crippen molar-refractivity contribution in [1.82, 2.24) is 9.30 Å². The van der Waals surface area contributed by atoms with Crippen LogP contribution in [0.15, 0.2) is 84.9 Å². The summed E-state index contributed by atoms with van der Waals surface area (Å²) < 4.78 is 14.3. The highest BCUT2D eigenvalue weighted by molar-refractivity contribution is 5.80. The van der Waals surface area contributed by atoms with E-state index in [-0.39, 0.29) is 0 Å². The molecule has 4 nitrogen and oxygen atoms in total. The number of ether oxygens (including phenoxy) is 2. The minimum absolute atomic E-state index is 0.594. The summed E-state index contributed by atoms with van der Waals surface area (Å²) in [6, 6.07) is 30.1. The number of benzene rings is 2. The van der Waals surface area contributed by atoms with E-state index in [1.807, 2.05) is 18.2 Å². The SMILES string of the molecule is CN(C)CCCOCc1ccc2ccc3c(CCc4ccc(OCc5ccccc5)cc4)cc1n23. The molecule has 0 fully saturated rings. The van der Waals surface area contributed by atoms with Gasteiger partial charge >= 0.3 is 0 Å². The first-order valence-electron chi connectivity index (χ1n) is 12.5. The second kappa shape index (κ2) is 10.9. The van der Waals surface area contributed by atoms with Crippen LogP contribution in [0.25, 0.3) is 16.6 Å². The Kier molecular flexibility index (Phi) is 7.31. The lowest BCUT2D eigenvalue weighted by atomic mass is 10.0. The monoisotopic (exact) mass is 466 g/mol. The average Bonchev–Trinajstić information content (AvgIpc) is 3.47. The number of pyridine rings is 1. The van der Waals surface area contributed by atoms with Crippen molar-refractivity contribution >= 4 is 16.6 Å². The second-order valence-electron chi connectivity index (χ2n) is 9.52. The van der Waals surface area contributed by atoms with Gasteiger partial charge in [-0.2, -0.15) is 0 Å². The molecule has 0 unspecified atom stereocenters. The maximum atomic E-state index is 6.00. The summed E-state index contributed by atoms with van der Waals surface area (Å²) in [4.78, 5) is 2.20. The van der Waals surface area contributed by atoms with Crippen LogP contribution in [0.2, 0.25) is 0 Å². The summed E-state index contributed by atoms with van der Waals surface area (Å²) in [7, 11) is 4.20. The Morgan fingerprint density at radius 2 is 1.51 bits per heavy atom. The van der Waals surface area contributed by atoms with Gasteiger partial charge in [0.1, 0.15) is 12.4 Å². The van der Waals surface area contributed by atoms with E-state index in [0.29, 0.717) is 13.2 Å². The molecule has 3 aromatic heterocycles. The number of nitrogens with zero attached hydrogens (tertiary/aromatic N) is 2. The summed E-state index contributed by atoms with van der Waals surface area (Å²) in [6.07, 6.45) is 3.06. The van der Waals surface area contributed by atoms with Gasteiger partial charge in [-0.15, -0.1) is 0 Å². The molecule has 0 aliphatic heterocycles. The highest BCUT2D eigenvalue weighted by Crippen LogP contribution is 2.28. The normalized spacial score (nSPS) is 11.7. The van der Waals surface area contributed by atoms with Gasteiger partial charge in [0.15, 0.2) is 0 Å². The fourth-order valence-corrected chi connectivity index (χ4v) is 4.67. The number of aromatic nitrogens is 1. The van der Waals surface area contributed by atoms with Crippen LogP contribution in [0.1, 0.15) is 28.7 Å². The van der Waals surface area contributed by atoms with Crippen molar-refractivity contribution in [2.24, 2.45) is 0 Å². The van der Waals surface area contributed by atoms with Gasteiger partial charge in [0, 0.05) is 23.2 Å². The van der Waals surface area contributed by atoms with Crippen molar-refractivity contribution in [2.75, 3.05) is 27.2 Å². The summed E-state index contributed by atoms with van der Waals surface area (Å²) in [5.41, 5.74) is 8.99. The maximum Gasteiger partial charge on any atom is 0.119 e. The highest BCUT2D eigenvalue weighted by Gasteiger charge is 2.13. The summed E-state index contributed by atoms with van der Waals surface area (Å²) in [5.74, 6) is 0.911. The predicted octanol–water partition coefficient (Wildman–Crippen LogP) is 6.36. The Hall–Kier alpha value is -3.34. The molecule has 0 aliphatic rings. The van der Waals surface area contributed by atoms with Gasteiger partial charge in [-0.1, -0.05) is 48.5 Å². The quantitative estimate of drug-likeness (QED) is 0.200. The number of aryl methyl sites for hydroxylation is 2. The lowest BCUT2D eigenvalue weighted by Crippen LogP contribution is -2.14. The van der Waals surface area contributed by atoms with Crippen molar-refractivity contribution in [3.63, 3.8) is 0 Å². The second-order valence-corrected chi connectivity index (χ2v) is 9.52. The minimum atomic E-state index is 0.594. The van der Waals surface area contributed by atoms with Gasteiger partial charge in [-0.05, 0) is 93.0 Å². The van der Waals surface area contributed by atoms with Gasteiger partial charge in [0.05, 0.1) is 12.1 Å². The Balaban J connectivity index is 1.21. The van der Waals surface area contributed by atoms with Crippen molar-refractivity contribution in [2.45, 2.75) is 32.5 Å². The van der Waals surface area contributed by atoms with Crippen LogP contribution >= 0.6 is 0 Å². The molecule has 0 bridgehead atoms. The molecule has 5 rings (SSSR count). The summed E-state index contributed by atoms with van der Waals surface area (Å²) >= 11 is 0. The van der Waals surface area contributed by atoms with E-state index < -0.39 is 0 Å². The van der Waals surface area contributed by atoms with E-state index >= 15 is 0 Å². The molecule has 0 amide bonds. The van der Waals surface area contributed by atoms with E-state index in [2.05, 4.69) is 90.1 Å². The van der Waals surface area contributed by atoms with Crippen molar-refractivity contribution < 1.29 is 9.47 Å². The van der Waals surface area contributed by atoms with Crippen LogP contribution in [-0.4, -0.2) is 36.5 Å². The minimum Gasteiger partial charge on any atom is -0.489 e. The van der Waals surface area contributed by atoms with Crippen LogP contribution in [0.5, 0.6) is 5.75 Å². The molecule has 0 N–H and O–H groups in total. The van der Waals surface area contributed by atoms with Crippen molar-refractivity contribution in [3.05, 3.63) is 107 Å². The molecule has 4 heteroatoms. The van der Waals surface area contributed by atoms with Crippen LogP contribution in [-0.2, 0) is 30.8 Å². The number of hydrogen-bond donors (Lipinski definition) is 0. The first kappa shape index (κ1) is 23.4. The maximum absolute atomic E-state index is 6.00. The van der Waals surface area contributed by atoms with Crippen LogP contribution in [0.3, 0.4) is 0 Å². The predicted molar refractivity (Wildman–Crippen MR) is 144 cm³/mol. The van der Waals surface area contributed by atoms with E-state index in [1.54, 1.807) is 0 Å². The molecule has 0 saturated carbocycles. The van der Waals surface area contributed by atoms with Gasteiger partial charge in [0.25, 0.3) is 0 Å². The Bertz CT molecular complexity index is 1340. The Morgan fingerprint density at radius 3 is 2.31 bits per heavy atom. The van der Waals surface area contributed by atoms with E-state index in [1.165, 1.54) is 38.8 Å². The molecule has 3 heterocycles. The largest absolute Gasteiger partial charge is 0.489 e. The van der Waals surface area contributed by atoms with Crippen molar-refractivity contribution in [1.29, 1.82) is 0 Å². The van der Waals surface area contributed by atoms with E-state index in [0.717, 1.165) is 38.2 Å². The van der Waals surface area contributed by atoms with E-state index in [9.17, 15) is 0 Å². The fraction of sp³-hybridized carbons (Fsp3) is 0.290. The molecule has 0 spiro atoms. The molecule has 180 valence electrons. The fourth-order valence-electron chi connectivity index (χ4n) is 4.67. The number of rotatable bonds is 12. The molecule has 0 aliphatic carbocycles. The molecule has 0 atom stereocenters. The Morgan fingerprint density at radius 1 is 0.714 bits per heavy atom. The number of hydrogen-bond acceptors (Lipinski definition) is 3.